The van der Waals surface area contributed by atoms with Gasteiger partial charge in [-0.1, -0.05) is 26.0 Å². The number of benzene rings is 1. The van der Waals surface area contributed by atoms with Gasteiger partial charge in [-0.15, -0.1) is 0 Å². The number of hydrogen-bond donors (Lipinski definition) is 2. The Morgan fingerprint density at radius 3 is 2.28 bits per heavy atom. The molecule has 0 bridgehead atoms. The number of carbonyl (C=O) groups excluding carboxylic acids is 1. The van der Waals surface area contributed by atoms with E-state index < -0.39 is 5.54 Å². The molecule has 1 amide bonds. The largest absolute Gasteiger partial charge is 0.325 e. The van der Waals surface area contributed by atoms with E-state index in [4.69, 9.17) is 0 Å². The number of nitrogens with one attached hydrogen (secondary N) is 2. The molecule has 1 atom stereocenters. The van der Waals surface area contributed by atoms with Crippen LogP contribution < -0.4 is 10.6 Å². The number of anilines is 1. The minimum absolute atomic E-state index is 0.0266. The van der Waals surface area contributed by atoms with E-state index in [0.29, 0.717) is 5.92 Å². The summed E-state index contributed by atoms with van der Waals surface area (Å²) in [4.78, 5) is 12.0. The second kappa shape index (κ2) is 6.01. The number of amides is 1. The molecule has 1 aromatic carbocycles. The smallest absolute Gasteiger partial charge is 0.244 e. The average Bonchev–Trinajstić information content (AvgIpc) is 2.38. The summed E-state index contributed by atoms with van der Waals surface area (Å²) in [5.41, 5.74) is 1.59. The van der Waals surface area contributed by atoms with E-state index >= 15 is 0 Å². The minimum atomic E-state index is -0.560. The maximum Gasteiger partial charge on any atom is 0.244 e. The quantitative estimate of drug-likeness (QED) is 0.840. The van der Waals surface area contributed by atoms with Gasteiger partial charge in [0.25, 0.3) is 0 Å². The van der Waals surface area contributed by atoms with Gasteiger partial charge in [0.15, 0.2) is 0 Å². The van der Waals surface area contributed by atoms with Gasteiger partial charge in [0.1, 0.15) is 0 Å². The molecule has 3 nitrogen and oxygen atoms in total. The van der Waals surface area contributed by atoms with Gasteiger partial charge in [0.2, 0.25) is 5.91 Å². The van der Waals surface area contributed by atoms with E-state index in [1.54, 1.807) is 7.05 Å². The van der Waals surface area contributed by atoms with E-state index in [0.717, 1.165) is 12.1 Å². The van der Waals surface area contributed by atoms with E-state index in [9.17, 15) is 4.79 Å². The van der Waals surface area contributed by atoms with Crippen molar-refractivity contribution in [1.82, 2.24) is 5.32 Å². The SMILES string of the molecule is CCC(C)c1ccc(NC(=O)C(C)(C)NC)cc1. The van der Waals surface area contributed by atoms with E-state index in [2.05, 4.69) is 36.6 Å². The third-order valence-electron chi connectivity index (χ3n) is 3.54. The molecule has 1 aromatic rings. The third kappa shape index (κ3) is 3.57. The van der Waals surface area contributed by atoms with Crippen LogP contribution in [0.1, 0.15) is 45.6 Å². The topological polar surface area (TPSA) is 41.1 Å². The van der Waals surface area contributed by atoms with Crippen LogP contribution in [0.15, 0.2) is 24.3 Å². The molecule has 1 unspecified atom stereocenters. The summed E-state index contributed by atoms with van der Waals surface area (Å²) < 4.78 is 0. The highest BCUT2D eigenvalue weighted by Crippen LogP contribution is 2.20. The first-order valence-electron chi connectivity index (χ1n) is 6.51. The number of rotatable bonds is 5. The maximum atomic E-state index is 12.0. The molecule has 0 saturated carbocycles. The Morgan fingerprint density at radius 1 is 1.28 bits per heavy atom. The summed E-state index contributed by atoms with van der Waals surface area (Å²) in [6.45, 7) is 8.10. The monoisotopic (exact) mass is 248 g/mol. The molecule has 0 aromatic heterocycles. The van der Waals surface area contributed by atoms with Crippen LogP contribution >= 0.6 is 0 Å². The first-order chi connectivity index (χ1) is 8.40. The number of carbonyl (C=O) groups is 1. The van der Waals surface area contributed by atoms with Crippen LogP contribution in [0.2, 0.25) is 0 Å². The molecule has 100 valence electrons. The molecule has 2 N–H and O–H groups in total. The van der Waals surface area contributed by atoms with Crippen LogP contribution in [-0.2, 0) is 4.79 Å². The summed E-state index contributed by atoms with van der Waals surface area (Å²) in [7, 11) is 1.78. The van der Waals surface area contributed by atoms with Gasteiger partial charge < -0.3 is 10.6 Å². The zero-order valence-corrected chi connectivity index (χ0v) is 12.0. The summed E-state index contributed by atoms with van der Waals surface area (Å²) in [5, 5.41) is 5.90. The van der Waals surface area contributed by atoms with Gasteiger partial charge in [-0.05, 0) is 50.9 Å². The minimum Gasteiger partial charge on any atom is -0.325 e. The Bertz CT molecular complexity index is 395. The highest BCUT2D eigenvalue weighted by molar-refractivity contribution is 5.97. The first-order valence-corrected chi connectivity index (χ1v) is 6.51. The van der Waals surface area contributed by atoms with Gasteiger partial charge in [-0.3, -0.25) is 4.79 Å². The molecule has 0 aliphatic heterocycles. The summed E-state index contributed by atoms with van der Waals surface area (Å²) >= 11 is 0. The Balaban J connectivity index is 2.73. The Morgan fingerprint density at radius 2 is 1.83 bits per heavy atom. The lowest BCUT2D eigenvalue weighted by atomic mass is 9.98. The lowest BCUT2D eigenvalue weighted by Crippen LogP contribution is -2.47. The molecule has 3 heteroatoms. The summed E-state index contributed by atoms with van der Waals surface area (Å²) in [6.07, 6.45) is 1.12. The fourth-order valence-electron chi connectivity index (χ4n) is 1.53. The first kappa shape index (κ1) is 14.7. The van der Waals surface area contributed by atoms with Crippen LogP contribution in [0.25, 0.3) is 0 Å². The fourth-order valence-corrected chi connectivity index (χ4v) is 1.53. The highest BCUT2D eigenvalue weighted by Gasteiger charge is 2.24. The molecule has 0 saturated heterocycles. The van der Waals surface area contributed by atoms with Crippen molar-refractivity contribution in [1.29, 1.82) is 0 Å². The molecule has 0 aliphatic rings. The molecule has 1 rings (SSSR count). The predicted molar refractivity (Wildman–Crippen MR) is 76.9 cm³/mol. The average molecular weight is 248 g/mol. The van der Waals surface area contributed by atoms with Crippen LogP contribution in [0.5, 0.6) is 0 Å². The Kier molecular flexibility index (Phi) is 4.91. The van der Waals surface area contributed by atoms with Crippen molar-refractivity contribution in [3.63, 3.8) is 0 Å². The lowest BCUT2D eigenvalue weighted by Gasteiger charge is -2.22. The van der Waals surface area contributed by atoms with Gasteiger partial charge in [0.05, 0.1) is 5.54 Å². The van der Waals surface area contributed by atoms with Crippen molar-refractivity contribution in [2.45, 2.75) is 45.6 Å². The normalized spacial score (nSPS) is 13.2. The number of likely N-dealkylation sites (N-methyl/N-ethyl adjacent to an activating group) is 1. The molecule has 0 spiro atoms. The molecule has 0 aliphatic carbocycles. The molecule has 18 heavy (non-hydrogen) atoms. The van der Waals surface area contributed by atoms with Crippen molar-refractivity contribution in [3.05, 3.63) is 29.8 Å². The second-order valence-corrected chi connectivity index (χ2v) is 5.26. The molecule has 0 radical (unpaired) electrons. The molecular formula is C15H24N2O. The van der Waals surface area contributed by atoms with Crippen molar-refractivity contribution < 1.29 is 4.79 Å². The maximum absolute atomic E-state index is 12.0. The number of hydrogen-bond acceptors (Lipinski definition) is 2. The van der Waals surface area contributed by atoms with E-state index in [1.165, 1.54) is 5.56 Å². The van der Waals surface area contributed by atoms with Gasteiger partial charge in [-0.2, -0.15) is 0 Å². The second-order valence-electron chi connectivity index (χ2n) is 5.26. The van der Waals surface area contributed by atoms with Crippen molar-refractivity contribution in [3.8, 4) is 0 Å². The molecule has 0 heterocycles. The van der Waals surface area contributed by atoms with Crippen LogP contribution in [0.4, 0.5) is 5.69 Å². The van der Waals surface area contributed by atoms with Crippen LogP contribution in [0, 0.1) is 0 Å². The predicted octanol–water partition coefficient (Wildman–Crippen LogP) is 3.14. The Hall–Kier alpha value is -1.35. The Labute approximate surface area is 110 Å². The summed E-state index contributed by atoms with van der Waals surface area (Å²) in [6, 6.07) is 8.09. The third-order valence-corrected chi connectivity index (χ3v) is 3.54. The van der Waals surface area contributed by atoms with E-state index in [1.807, 2.05) is 26.0 Å². The van der Waals surface area contributed by atoms with Gasteiger partial charge in [0, 0.05) is 5.69 Å². The lowest BCUT2D eigenvalue weighted by molar-refractivity contribution is -0.121. The van der Waals surface area contributed by atoms with Crippen LogP contribution in [0.3, 0.4) is 0 Å². The van der Waals surface area contributed by atoms with Crippen molar-refractivity contribution in [2.75, 3.05) is 12.4 Å². The van der Waals surface area contributed by atoms with E-state index in [-0.39, 0.29) is 5.91 Å². The van der Waals surface area contributed by atoms with Gasteiger partial charge >= 0.3 is 0 Å². The zero-order valence-electron chi connectivity index (χ0n) is 12.0. The fraction of sp³-hybridized carbons (Fsp3) is 0.533. The molecular weight excluding hydrogens is 224 g/mol. The summed E-state index contributed by atoms with van der Waals surface area (Å²) in [5.74, 6) is 0.532. The zero-order chi connectivity index (χ0) is 13.8. The van der Waals surface area contributed by atoms with Gasteiger partial charge in [-0.25, -0.2) is 0 Å². The van der Waals surface area contributed by atoms with Crippen LogP contribution in [-0.4, -0.2) is 18.5 Å². The van der Waals surface area contributed by atoms with Crippen molar-refractivity contribution in [2.24, 2.45) is 0 Å². The highest BCUT2D eigenvalue weighted by atomic mass is 16.2. The van der Waals surface area contributed by atoms with Crippen molar-refractivity contribution >= 4 is 11.6 Å². The standard InChI is InChI=1S/C15H24N2O/c1-6-11(2)12-7-9-13(10-8-12)17-14(18)15(3,4)16-5/h7-11,16H,6H2,1-5H3,(H,17,18). The molecule has 0 fully saturated rings.